The van der Waals surface area contributed by atoms with Crippen molar-refractivity contribution in [2.75, 3.05) is 18.4 Å². The molecule has 6 nitrogen and oxygen atoms in total. The molecular formula is C18H21N3O3S. The molecule has 0 radical (unpaired) electrons. The SMILES string of the molecule is CCNC(=O)c1ccc(NC(=O)CCCNC(=O)c2cccs2)cc1. The number of carbonyl (C=O) groups excluding carboxylic acids is 3. The van der Waals surface area contributed by atoms with Crippen molar-refractivity contribution in [1.29, 1.82) is 0 Å². The second-order valence-corrected chi connectivity index (χ2v) is 6.27. The molecule has 0 aliphatic carbocycles. The van der Waals surface area contributed by atoms with Gasteiger partial charge in [0, 0.05) is 30.8 Å². The molecule has 7 heteroatoms. The van der Waals surface area contributed by atoms with Crippen molar-refractivity contribution >= 4 is 34.7 Å². The molecule has 3 N–H and O–H groups in total. The highest BCUT2D eigenvalue weighted by Crippen LogP contribution is 2.10. The fraction of sp³-hybridized carbons (Fsp3) is 0.278. The summed E-state index contributed by atoms with van der Waals surface area (Å²) < 4.78 is 0. The second-order valence-electron chi connectivity index (χ2n) is 5.32. The van der Waals surface area contributed by atoms with E-state index in [2.05, 4.69) is 16.0 Å². The lowest BCUT2D eigenvalue weighted by molar-refractivity contribution is -0.116. The Hall–Kier alpha value is -2.67. The summed E-state index contributed by atoms with van der Waals surface area (Å²) in [5.41, 5.74) is 1.19. The molecule has 3 amide bonds. The fourth-order valence-corrected chi connectivity index (χ4v) is 2.78. The van der Waals surface area contributed by atoms with Crippen LogP contribution in [0.3, 0.4) is 0 Å². The predicted octanol–water partition coefficient (Wildman–Crippen LogP) is 2.65. The lowest BCUT2D eigenvalue weighted by Crippen LogP contribution is -2.24. The lowest BCUT2D eigenvalue weighted by atomic mass is 10.2. The van der Waals surface area contributed by atoms with Gasteiger partial charge < -0.3 is 16.0 Å². The maximum absolute atomic E-state index is 11.9. The predicted molar refractivity (Wildman–Crippen MR) is 99.0 cm³/mol. The van der Waals surface area contributed by atoms with Crippen LogP contribution in [0.5, 0.6) is 0 Å². The summed E-state index contributed by atoms with van der Waals surface area (Å²) >= 11 is 1.38. The van der Waals surface area contributed by atoms with Gasteiger partial charge in [-0.15, -0.1) is 11.3 Å². The molecular weight excluding hydrogens is 338 g/mol. The van der Waals surface area contributed by atoms with Gasteiger partial charge in [0.1, 0.15) is 0 Å². The zero-order valence-corrected chi connectivity index (χ0v) is 14.8. The average molecular weight is 359 g/mol. The summed E-state index contributed by atoms with van der Waals surface area (Å²) in [6.45, 7) is 2.87. The quantitative estimate of drug-likeness (QED) is 0.633. The van der Waals surface area contributed by atoms with Crippen LogP contribution in [0.2, 0.25) is 0 Å². The highest BCUT2D eigenvalue weighted by Gasteiger charge is 2.07. The first-order chi connectivity index (χ1) is 12.1. The third-order valence-corrected chi connectivity index (χ3v) is 4.25. The van der Waals surface area contributed by atoms with E-state index in [4.69, 9.17) is 0 Å². The van der Waals surface area contributed by atoms with E-state index in [9.17, 15) is 14.4 Å². The molecule has 1 heterocycles. The molecule has 0 fully saturated rings. The first-order valence-electron chi connectivity index (χ1n) is 8.10. The minimum absolute atomic E-state index is 0.114. The van der Waals surface area contributed by atoms with Crippen LogP contribution >= 0.6 is 11.3 Å². The number of benzene rings is 1. The minimum Gasteiger partial charge on any atom is -0.352 e. The van der Waals surface area contributed by atoms with Crippen molar-refractivity contribution in [2.45, 2.75) is 19.8 Å². The van der Waals surface area contributed by atoms with Gasteiger partial charge in [0.15, 0.2) is 0 Å². The highest BCUT2D eigenvalue weighted by molar-refractivity contribution is 7.12. The fourth-order valence-electron chi connectivity index (χ4n) is 2.14. The normalized spacial score (nSPS) is 10.1. The summed E-state index contributed by atoms with van der Waals surface area (Å²) in [6.07, 6.45) is 0.864. The number of nitrogens with one attached hydrogen (secondary N) is 3. The van der Waals surface area contributed by atoms with Gasteiger partial charge in [-0.05, 0) is 49.1 Å². The van der Waals surface area contributed by atoms with E-state index in [-0.39, 0.29) is 17.7 Å². The van der Waals surface area contributed by atoms with Crippen LogP contribution in [0.25, 0.3) is 0 Å². The first-order valence-corrected chi connectivity index (χ1v) is 8.98. The Kier molecular flexibility index (Phi) is 7.16. The Balaban J connectivity index is 1.69. The molecule has 0 aliphatic rings. The number of carbonyl (C=O) groups is 3. The molecule has 1 aromatic heterocycles. The molecule has 0 unspecified atom stereocenters. The third kappa shape index (κ3) is 6.04. The molecule has 2 aromatic rings. The Morgan fingerprint density at radius 3 is 2.40 bits per heavy atom. The molecule has 0 saturated heterocycles. The number of rotatable bonds is 8. The van der Waals surface area contributed by atoms with Gasteiger partial charge in [-0.1, -0.05) is 6.07 Å². The molecule has 2 rings (SSSR count). The van der Waals surface area contributed by atoms with Crippen molar-refractivity contribution in [3.05, 3.63) is 52.2 Å². The van der Waals surface area contributed by atoms with E-state index < -0.39 is 0 Å². The largest absolute Gasteiger partial charge is 0.352 e. The van der Waals surface area contributed by atoms with Gasteiger partial charge in [0.2, 0.25) is 5.91 Å². The number of amides is 3. The maximum Gasteiger partial charge on any atom is 0.261 e. The molecule has 0 spiro atoms. The van der Waals surface area contributed by atoms with Crippen molar-refractivity contribution < 1.29 is 14.4 Å². The van der Waals surface area contributed by atoms with Crippen molar-refractivity contribution in [3.63, 3.8) is 0 Å². The topological polar surface area (TPSA) is 87.3 Å². The first kappa shape index (κ1) is 18.7. The van der Waals surface area contributed by atoms with Gasteiger partial charge in [-0.3, -0.25) is 14.4 Å². The van der Waals surface area contributed by atoms with Gasteiger partial charge in [0.25, 0.3) is 11.8 Å². The van der Waals surface area contributed by atoms with E-state index in [1.165, 1.54) is 11.3 Å². The number of anilines is 1. The van der Waals surface area contributed by atoms with E-state index in [0.29, 0.717) is 42.1 Å². The van der Waals surface area contributed by atoms with Crippen LogP contribution in [0.15, 0.2) is 41.8 Å². The Morgan fingerprint density at radius 2 is 1.76 bits per heavy atom. The monoisotopic (exact) mass is 359 g/mol. The second kappa shape index (κ2) is 9.58. The van der Waals surface area contributed by atoms with Gasteiger partial charge in [-0.2, -0.15) is 0 Å². The van der Waals surface area contributed by atoms with Crippen LogP contribution in [-0.4, -0.2) is 30.8 Å². The maximum atomic E-state index is 11.9. The van der Waals surface area contributed by atoms with E-state index in [1.807, 2.05) is 18.4 Å². The zero-order valence-electron chi connectivity index (χ0n) is 14.0. The molecule has 0 atom stereocenters. The highest BCUT2D eigenvalue weighted by atomic mass is 32.1. The van der Waals surface area contributed by atoms with Gasteiger partial charge in [-0.25, -0.2) is 0 Å². The van der Waals surface area contributed by atoms with Crippen LogP contribution in [-0.2, 0) is 4.79 Å². The van der Waals surface area contributed by atoms with Gasteiger partial charge in [0.05, 0.1) is 4.88 Å². The number of hydrogen-bond acceptors (Lipinski definition) is 4. The molecule has 25 heavy (non-hydrogen) atoms. The van der Waals surface area contributed by atoms with Crippen LogP contribution in [0.4, 0.5) is 5.69 Å². The van der Waals surface area contributed by atoms with E-state index in [0.717, 1.165) is 0 Å². The molecule has 0 aliphatic heterocycles. The van der Waals surface area contributed by atoms with E-state index in [1.54, 1.807) is 30.3 Å². The Bertz CT molecular complexity index is 712. The number of thiophene rings is 1. The standard InChI is InChI=1S/C18H21N3O3S/c1-2-19-17(23)13-7-9-14(10-8-13)21-16(22)6-3-11-20-18(24)15-5-4-12-25-15/h4-5,7-10,12H,2-3,6,11H2,1H3,(H,19,23)(H,20,24)(H,21,22). The summed E-state index contributed by atoms with van der Waals surface area (Å²) in [7, 11) is 0. The number of hydrogen-bond donors (Lipinski definition) is 3. The average Bonchev–Trinajstić information content (AvgIpc) is 3.14. The van der Waals surface area contributed by atoms with Crippen molar-refractivity contribution in [2.24, 2.45) is 0 Å². The molecule has 0 bridgehead atoms. The molecule has 132 valence electrons. The Morgan fingerprint density at radius 1 is 1.00 bits per heavy atom. The summed E-state index contributed by atoms with van der Waals surface area (Å²) in [5, 5.41) is 10.1. The van der Waals surface area contributed by atoms with Crippen LogP contribution in [0.1, 0.15) is 39.8 Å². The van der Waals surface area contributed by atoms with Crippen molar-refractivity contribution in [3.8, 4) is 0 Å². The third-order valence-electron chi connectivity index (χ3n) is 3.38. The summed E-state index contributed by atoms with van der Waals surface area (Å²) in [4.78, 5) is 36.0. The molecule has 1 aromatic carbocycles. The zero-order chi connectivity index (χ0) is 18.1. The van der Waals surface area contributed by atoms with Crippen LogP contribution in [0, 0.1) is 0 Å². The van der Waals surface area contributed by atoms with Gasteiger partial charge >= 0.3 is 0 Å². The van der Waals surface area contributed by atoms with Crippen molar-refractivity contribution in [1.82, 2.24) is 10.6 Å². The summed E-state index contributed by atoms with van der Waals surface area (Å²) in [5.74, 6) is -0.380. The smallest absolute Gasteiger partial charge is 0.261 e. The minimum atomic E-state index is -0.137. The van der Waals surface area contributed by atoms with E-state index >= 15 is 0 Å². The molecule has 0 saturated carbocycles. The summed E-state index contributed by atoms with van der Waals surface area (Å²) in [6, 6.07) is 10.3. The lowest BCUT2D eigenvalue weighted by Gasteiger charge is -2.07. The Labute approximate surface area is 150 Å². The van der Waals surface area contributed by atoms with Crippen LogP contribution < -0.4 is 16.0 Å².